The van der Waals surface area contributed by atoms with Crippen molar-refractivity contribution in [2.75, 3.05) is 12.4 Å². The highest BCUT2D eigenvalue weighted by Crippen LogP contribution is 2.25. The maximum absolute atomic E-state index is 12.6. The molecule has 7 nitrogen and oxygen atoms in total. The lowest BCUT2D eigenvalue weighted by atomic mass is 10.2. The third-order valence-electron chi connectivity index (χ3n) is 4.53. The summed E-state index contributed by atoms with van der Waals surface area (Å²) in [6.45, 7) is 4.05. The number of amides is 1. The molecule has 1 N–H and O–H groups in total. The standard InChI is InChI=1S/C21H21N5O2/c1-14-12-15(2)22-20-19(14)21(25-10-4-5-11-25)24-26(20)13-18(27)23-16-6-8-17(28-3)9-7-16/h4-12H,13H2,1-3H3,(H,23,27). The number of carbonyl (C=O) groups is 1. The maximum atomic E-state index is 12.6. The molecule has 0 radical (unpaired) electrons. The van der Waals surface area contributed by atoms with Gasteiger partial charge in [0.15, 0.2) is 11.5 Å². The zero-order chi connectivity index (χ0) is 19.7. The van der Waals surface area contributed by atoms with Crippen LogP contribution < -0.4 is 10.1 Å². The van der Waals surface area contributed by atoms with E-state index in [9.17, 15) is 4.79 Å². The molecule has 0 saturated heterocycles. The summed E-state index contributed by atoms with van der Waals surface area (Å²) in [6.07, 6.45) is 3.87. The van der Waals surface area contributed by atoms with Crippen molar-refractivity contribution in [1.29, 1.82) is 0 Å². The summed E-state index contributed by atoms with van der Waals surface area (Å²) in [5.41, 5.74) is 3.37. The third-order valence-corrected chi connectivity index (χ3v) is 4.53. The van der Waals surface area contributed by atoms with Gasteiger partial charge in [0.1, 0.15) is 12.3 Å². The number of benzene rings is 1. The second-order valence-corrected chi connectivity index (χ2v) is 6.63. The molecule has 0 unspecified atom stereocenters. The van der Waals surface area contributed by atoms with Gasteiger partial charge in [-0.15, -0.1) is 0 Å². The van der Waals surface area contributed by atoms with Crippen molar-refractivity contribution >= 4 is 22.6 Å². The zero-order valence-electron chi connectivity index (χ0n) is 16.0. The Morgan fingerprint density at radius 3 is 2.54 bits per heavy atom. The summed E-state index contributed by atoms with van der Waals surface area (Å²) in [6, 6.07) is 13.1. The van der Waals surface area contributed by atoms with Crippen molar-refractivity contribution in [3.63, 3.8) is 0 Å². The molecule has 0 aliphatic heterocycles. The number of hydrogen-bond donors (Lipinski definition) is 1. The molecule has 142 valence electrons. The van der Waals surface area contributed by atoms with Crippen molar-refractivity contribution in [3.05, 3.63) is 66.1 Å². The average molecular weight is 375 g/mol. The first-order chi connectivity index (χ1) is 13.5. The van der Waals surface area contributed by atoms with Gasteiger partial charge in [0.25, 0.3) is 0 Å². The normalized spacial score (nSPS) is 11.0. The number of rotatable bonds is 5. The van der Waals surface area contributed by atoms with Crippen molar-refractivity contribution in [3.8, 4) is 11.6 Å². The lowest BCUT2D eigenvalue weighted by Gasteiger charge is -2.07. The number of aryl methyl sites for hydroxylation is 2. The Labute approximate surface area is 162 Å². The van der Waals surface area contributed by atoms with Gasteiger partial charge in [0.05, 0.1) is 12.5 Å². The van der Waals surface area contributed by atoms with E-state index in [0.717, 1.165) is 28.2 Å². The number of anilines is 1. The van der Waals surface area contributed by atoms with E-state index in [1.165, 1.54) is 0 Å². The fourth-order valence-corrected chi connectivity index (χ4v) is 3.27. The second-order valence-electron chi connectivity index (χ2n) is 6.63. The number of fused-ring (bicyclic) bond motifs is 1. The third kappa shape index (κ3) is 3.34. The molecule has 7 heteroatoms. The minimum atomic E-state index is -0.172. The molecule has 3 heterocycles. The quantitative estimate of drug-likeness (QED) is 0.579. The Morgan fingerprint density at radius 1 is 1.14 bits per heavy atom. The van der Waals surface area contributed by atoms with Crippen LogP contribution in [0.15, 0.2) is 54.9 Å². The Balaban J connectivity index is 1.67. The van der Waals surface area contributed by atoms with E-state index >= 15 is 0 Å². The van der Waals surface area contributed by atoms with Crippen LogP contribution in [-0.2, 0) is 11.3 Å². The number of nitrogens with one attached hydrogen (secondary N) is 1. The Hall–Kier alpha value is -3.61. The Morgan fingerprint density at radius 2 is 1.86 bits per heavy atom. The number of ether oxygens (including phenoxy) is 1. The van der Waals surface area contributed by atoms with Gasteiger partial charge in [-0.3, -0.25) is 4.79 Å². The predicted octanol–water partition coefficient (Wildman–Crippen LogP) is 3.49. The van der Waals surface area contributed by atoms with Crippen molar-refractivity contribution in [2.24, 2.45) is 0 Å². The molecule has 4 rings (SSSR count). The predicted molar refractivity (Wildman–Crippen MR) is 108 cm³/mol. The van der Waals surface area contributed by atoms with Gasteiger partial charge in [0.2, 0.25) is 5.91 Å². The number of nitrogens with zero attached hydrogens (tertiary/aromatic N) is 4. The molecule has 0 aliphatic rings. The van der Waals surface area contributed by atoms with E-state index < -0.39 is 0 Å². The first kappa shape index (κ1) is 17.8. The summed E-state index contributed by atoms with van der Waals surface area (Å²) in [5.74, 6) is 1.33. The van der Waals surface area contributed by atoms with Crippen LogP contribution in [0.4, 0.5) is 5.69 Å². The Bertz CT molecular complexity index is 1130. The molecular weight excluding hydrogens is 354 g/mol. The van der Waals surface area contributed by atoms with E-state index in [1.54, 1.807) is 36.1 Å². The van der Waals surface area contributed by atoms with Crippen LogP contribution in [0.5, 0.6) is 5.75 Å². The molecule has 1 amide bonds. The summed E-state index contributed by atoms with van der Waals surface area (Å²) in [5, 5.41) is 8.51. The molecule has 3 aromatic heterocycles. The van der Waals surface area contributed by atoms with E-state index in [4.69, 9.17) is 4.74 Å². The number of methoxy groups -OCH3 is 1. The van der Waals surface area contributed by atoms with Gasteiger partial charge in [0, 0.05) is 23.8 Å². The van der Waals surface area contributed by atoms with Crippen LogP contribution in [-0.4, -0.2) is 32.3 Å². The highest BCUT2D eigenvalue weighted by molar-refractivity contribution is 5.93. The van der Waals surface area contributed by atoms with Crippen molar-refractivity contribution < 1.29 is 9.53 Å². The van der Waals surface area contributed by atoms with E-state index in [1.807, 2.05) is 49.0 Å². The van der Waals surface area contributed by atoms with Crippen molar-refractivity contribution in [2.45, 2.75) is 20.4 Å². The molecule has 0 spiro atoms. The first-order valence-corrected chi connectivity index (χ1v) is 8.97. The molecule has 0 saturated carbocycles. The van der Waals surface area contributed by atoms with Gasteiger partial charge in [-0.2, -0.15) is 5.10 Å². The highest BCUT2D eigenvalue weighted by atomic mass is 16.5. The van der Waals surface area contributed by atoms with Crippen LogP contribution in [0, 0.1) is 13.8 Å². The number of hydrogen-bond acceptors (Lipinski definition) is 4. The SMILES string of the molecule is COc1ccc(NC(=O)Cn2nc(-n3cccc3)c3c(C)cc(C)nc32)cc1. The van der Waals surface area contributed by atoms with Gasteiger partial charge in [-0.1, -0.05) is 0 Å². The van der Waals surface area contributed by atoms with Gasteiger partial charge in [-0.05, 0) is 61.9 Å². The molecule has 0 bridgehead atoms. The summed E-state index contributed by atoms with van der Waals surface area (Å²) >= 11 is 0. The zero-order valence-corrected chi connectivity index (χ0v) is 16.0. The van der Waals surface area contributed by atoms with E-state index in [-0.39, 0.29) is 12.5 Å². The smallest absolute Gasteiger partial charge is 0.246 e. The molecule has 0 fully saturated rings. The van der Waals surface area contributed by atoms with Crippen LogP contribution in [0.3, 0.4) is 0 Å². The van der Waals surface area contributed by atoms with Crippen molar-refractivity contribution in [1.82, 2.24) is 19.3 Å². The average Bonchev–Trinajstić information content (AvgIpc) is 3.31. The molecular formula is C21H21N5O2. The van der Waals surface area contributed by atoms with Gasteiger partial charge < -0.3 is 14.6 Å². The lowest BCUT2D eigenvalue weighted by molar-refractivity contribution is -0.116. The summed E-state index contributed by atoms with van der Waals surface area (Å²) in [4.78, 5) is 17.2. The monoisotopic (exact) mass is 375 g/mol. The summed E-state index contributed by atoms with van der Waals surface area (Å²) in [7, 11) is 1.61. The molecule has 4 aromatic rings. The largest absolute Gasteiger partial charge is 0.497 e. The van der Waals surface area contributed by atoms with E-state index in [2.05, 4.69) is 15.4 Å². The van der Waals surface area contributed by atoms with Gasteiger partial charge in [-0.25, -0.2) is 9.67 Å². The van der Waals surface area contributed by atoms with Crippen LogP contribution in [0.1, 0.15) is 11.3 Å². The van der Waals surface area contributed by atoms with Crippen LogP contribution >= 0.6 is 0 Å². The molecule has 1 aromatic carbocycles. The molecule has 0 atom stereocenters. The van der Waals surface area contributed by atoms with E-state index in [0.29, 0.717) is 11.3 Å². The van der Waals surface area contributed by atoms with Gasteiger partial charge >= 0.3 is 0 Å². The number of pyridine rings is 1. The maximum Gasteiger partial charge on any atom is 0.246 e. The second kappa shape index (κ2) is 7.19. The fourth-order valence-electron chi connectivity index (χ4n) is 3.27. The minimum absolute atomic E-state index is 0.0691. The first-order valence-electron chi connectivity index (χ1n) is 8.97. The Kier molecular flexibility index (Phi) is 4.57. The van der Waals surface area contributed by atoms with Crippen LogP contribution in [0.25, 0.3) is 16.9 Å². The topological polar surface area (TPSA) is 74.0 Å². The fraction of sp³-hybridized carbons (Fsp3) is 0.190. The number of aromatic nitrogens is 4. The van der Waals surface area contributed by atoms with Crippen LogP contribution in [0.2, 0.25) is 0 Å². The minimum Gasteiger partial charge on any atom is -0.497 e. The summed E-state index contributed by atoms with van der Waals surface area (Å²) < 4.78 is 8.73. The number of carbonyl (C=O) groups excluding carboxylic acids is 1. The molecule has 28 heavy (non-hydrogen) atoms. The molecule has 0 aliphatic carbocycles. The lowest BCUT2D eigenvalue weighted by Crippen LogP contribution is -2.20. The highest BCUT2D eigenvalue weighted by Gasteiger charge is 2.17.